The van der Waals surface area contributed by atoms with Crippen LogP contribution in [0.25, 0.3) is 0 Å². The van der Waals surface area contributed by atoms with E-state index in [0.717, 1.165) is 18.4 Å². The molecule has 116 valence electrons. The number of nitrogens with zero attached hydrogens (tertiary/aromatic N) is 1. The molecule has 1 aliphatic rings. The predicted octanol–water partition coefficient (Wildman–Crippen LogP) is 2.49. The second-order valence-corrected chi connectivity index (χ2v) is 4.71. The summed E-state index contributed by atoms with van der Waals surface area (Å²) >= 11 is 0. The summed E-state index contributed by atoms with van der Waals surface area (Å²) in [6.45, 7) is -0.392. The Labute approximate surface area is 128 Å². The van der Waals surface area contributed by atoms with E-state index in [1.807, 2.05) is 24.3 Å². The molecule has 0 bridgehead atoms. The Bertz CT molecular complexity index is 592. The first-order valence-electron chi connectivity index (χ1n) is 6.82. The van der Waals surface area contributed by atoms with E-state index in [2.05, 4.69) is 15.4 Å². The molecule has 22 heavy (non-hydrogen) atoms. The first-order chi connectivity index (χ1) is 10.7. The van der Waals surface area contributed by atoms with E-state index in [9.17, 15) is 9.59 Å². The van der Waals surface area contributed by atoms with Gasteiger partial charge >= 0.3 is 12.2 Å². The Morgan fingerprint density at radius 1 is 1.36 bits per heavy atom. The standard InChI is InChI=1S/C16H17NO5/c1-3-10-17(15(18)21-11-22-16(19)20-2)14-9-8-12-6-4-5-7-13(12)14/h1,4-7,14H,8-11H2,2H3. The quantitative estimate of drug-likeness (QED) is 0.486. The lowest BCUT2D eigenvalue weighted by atomic mass is 10.1. The molecule has 0 saturated heterocycles. The average Bonchev–Trinajstić information content (AvgIpc) is 2.96. The first-order valence-corrected chi connectivity index (χ1v) is 6.82. The Balaban J connectivity index is 2.03. The zero-order valence-corrected chi connectivity index (χ0v) is 12.3. The zero-order chi connectivity index (χ0) is 15.9. The lowest BCUT2D eigenvalue weighted by Crippen LogP contribution is -2.35. The lowest BCUT2D eigenvalue weighted by Gasteiger charge is -2.27. The van der Waals surface area contributed by atoms with Crippen LogP contribution >= 0.6 is 0 Å². The van der Waals surface area contributed by atoms with Crippen LogP contribution in [0.3, 0.4) is 0 Å². The second-order valence-electron chi connectivity index (χ2n) is 4.71. The summed E-state index contributed by atoms with van der Waals surface area (Å²) in [6.07, 6.45) is 5.48. The molecule has 6 nitrogen and oxygen atoms in total. The van der Waals surface area contributed by atoms with E-state index in [0.29, 0.717) is 0 Å². The van der Waals surface area contributed by atoms with Crippen molar-refractivity contribution in [1.29, 1.82) is 0 Å². The van der Waals surface area contributed by atoms with Crippen LogP contribution < -0.4 is 0 Å². The van der Waals surface area contributed by atoms with Crippen molar-refractivity contribution in [3.8, 4) is 12.3 Å². The number of methoxy groups -OCH3 is 1. The summed E-state index contributed by atoms with van der Waals surface area (Å²) in [6, 6.07) is 7.79. The number of amides is 1. The fraction of sp³-hybridized carbons (Fsp3) is 0.375. The van der Waals surface area contributed by atoms with E-state index >= 15 is 0 Å². The van der Waals surface area contributed by atoms with E-state index in [1.165, 1.54) is 17.6 Å². The van der Waals surface area contributed by atoms with Crippen molar-refractivity contribution < 1.29 is 23.8 Å². The van der Waals surface area contributed by atoms with Crippen LogP contribution in [-0.2, 0) is 20.6 Å². The third-order valence-corrected chi connectivity index (χ3v) is 3.50. The van der Waals surface area contributed by atoms with Crippen molar-refractivity contribution in [1.82, 2.24) is 4.90 Å². The maximum absolute atomic E-state index is 12.2. The monoisotopic (exact) mass is 303 g/mol. The zero-order valence-electron chi connectivity index (χ0n) is 12.3. The van der Waals surface area contributed by atoms with Gasteiger partial charge in [0.2, 0.25) is 6.79 Å². The van der Waals surface area contributed by atoms with Crippen LogP contribution in [0.5, 0.6) is 0 Å². The van der Waals surface area contributed by atoms with Gasteiger partial charge in [-0.3, -0.25) is 4.90 Å². The maximum Gasteiger partial charge on any atom is 0.510 e. The SMILES string of the molecule is C#CCN(C(=O)OCOC(=O)OC)C1CCc2ccccc21. The molecule has 0 heterocycles. The third-order valence-electron chi connectivity index (χ3n) is 3.50. The molecular formula is C16H17NO5. The summed E-state index contributed by atoms with van der Waals surface area (Å²) in [5, 5.41) is 0. The number of carbonyl (C=O) groups is 2. The van der Waals surface area contributed by atoms with Crippen molar-refractivity contribution in [2.45, 2.75) is 18.9 Å². The van der Waals surface area contributed by atoms with Gasteiger partial charge in [0.15, 0.2) is 0 Å². The number of hydrogen-bond acceptors (Lipinski definition) is 5. The van der Waals surface area contributed by atoms with Gasteiger partial charge < -0.3 is 14.2 Å². The number of hydrogen-bond donors (Lipinski definition) is 0. The number of aryl methyl sites for hydroxylation is 1. The predicted molar refractivity (Wildman–Crippen MR) is 77.9 cm³/mol. The smallest absolute Gasteiger partial charge is 0.438 e. The molecule has 0 saturated carbocycles. The molecule has 6 heteroatoms. The second kappa shape index (κ2) is 7.36. The number of carbonyl (C=O) groups excluding carboxylic acids is 2. The molecule has 0 aliphatic heterocycles. The van der Waals surface area contributed by atoms with Gasteiger partial charge in [-0.1, -0.05) is 30.2 Å². The fourth-order valence-corrected chi connectivity index (χ4v) is 2.53. The highest BCUT2D eigenvalue weighted by molar-refractivity contribution is 5.69. The number of benzene rings is 1. The van der Waals surface area contributed by atoms with Crippen molar-refractivity contribution in [2.24, 2.45) is 0 Å². The van der Waals surface area contributed by atoms with Crippen LogP contribution in [0, 0.1) is 12.3 Å². The summed E-state index contributed by atoms with van der Waals surface area (Å²) in [4.78, 5) is 24.5. The highest BCUT2D eigenvalue weighted by Crippen LogP contribution is 2.35. The molecule has 0 radical (unpaired) electrons. The number of terminal acetylenes is 1. The van der Waals surface area contributed by atoms with Crippen molar-refractivity contribution in [2.75, 3.05) is 20.4 Å². The molecule has 0 N–H and O–H groups in total. The maximum atomic E-state index is 12.2. The van der Waals surface area contributed by atoms with Gasteiger partial charge in [-0.15, -0.1) is 6.42 Å². The normalized spacial score (nSPS) is 15.4. The van der Waals surface area contributed by atoms with Crippen LogP contribution in [0.2, 0.25) is 0 Å². The molecule has 1 aromatic rings. The van der Waals surface area contributed by atoms with Crippen molar-refractivity contribution >= 4 is 12.2 Å². The Morgan fingerprint density at radius 3 is 2.86 bits per heavy atom. The van der Waals surface area contributed by atoms with Gasteiger partial charge in [-0.25, -0.2) is 9.59 Å². The Morgan fingerprint density at radius 2 is 2.14 bits per heavy atom. The molecule has 1 unspecified atom stereocenters. The molecule has 1 amide bonds. The average molecular weight is 303 g/mol. The van der Waals surface area contributed by atoms with Crippen LogP contribution in [0.15, 0.2) is 24.3 Å². The third kappa shape index (κ3) is 3.50. The topological polar surface area (TPSA) is 65.1 Å². The van der Waals surface area contributed by atoms with Gasteiger partial charge in [-0.05, 0) is 24.0 Å². The van der Waals surface area contributed by atoms with E-state index in [4.69, 9.17) is 11.2 Å². The molecule has 1 aromatic carbocycles. The number of ether oxygens (including phenoxy) is 3. The van der Waals surface area contributed by atoms with E-state index in [-0.39, 0.29) is 12.6 Å². The van der Waals surface area contributed by atoms with Crippen LogP contribution in [0.1, 0.15) is 23.6 Å². The minimum atomic E-state index is -0.914. The summed E-state index contributed by atoms with van der Waals surface area (Å²) < 4.78 is 13.8. The minimum Gasteiger partial charge on any atom is -0.438 e. The summed E-state index contributed by atoms with van der Waals surface area (Å²) in [5.41, 5.74) is 2.27. The number of rotatable bonds is 4. The van der Waals surface area contributed by atoms with Gasteiger partial charge in [0.05, 0.1) is 19.7 Å². The molecule has 1 atom stereocenters. The molecule has 0 aromatic heterocycles. The van der Waals surface area contributed by atoms with E-state index in [1.54, 1.807) is 0 Å². The van der Waals surface area contributed by atoms with Gasteiger partial charge in [0, 0.05) is 0 Å². The first kappa shape index (κ1) is 15.7. The fourth-order valence-electron chi connectivity index (χ4n) is 2.53. The molecule has 1 aliphatic carbocycles. The number of fused-ring (bicyclic) bond motifs is 1. The highest BCUT2D eigenvalue weighted by Gasteiger charge is 2.31. The van der Waals surface area contributed by atoms with Gasteiger partial charge in [-0.2, -0.15) is 0 Å². The minimum absolute atomic E-state index is 0.121. The Kier molecular flexibility index (Phi) is 5.26. The van der Waals surface area contributed by atoms with Crippen molar-refractivity contribution in [3.63, 3.8) is 0 Å². The molecule has 0 spiro atoms. The molecule has 0 fully saturated rings. The van der Waals surface area contributed by atoms with Crippen molar-refractivity contribution in [3.05, 3.63) is 35.4 Å². The lowest BCUT2D eigenvalue weighted by molar-refractivity contribution is -0.0202. The summed E-state index contributed by atoms with van der Waals surface area (Å²) in [7, 11) is 1.17. The van der Waals surface area contributed by atoms with Gasteiger partial charge in [0.25, 0.3) is 0 Å². The molecular weight excluding hydrogens is 286 g/mol. The van der Waals surface area contributed by atoms with Crippen LogP contribution in [0.4, 0.5) is 9.59 Å². The van der Waals surface area contributed by atoms with Crippen LogP contribution in [-0.4, -0.2) is 37.6 Å². The summed E-state index contributed by atoms with van der Waals surface area (Å²) in [5.74, 6) is 2.46. The highest BCUT2D eigenvalue weighted by atomic mass is 16.8. The Hall–Kier alpha value is -2.68. The van der Waals surface area contributed by atoms with E-state index < -0.39 is 19.0 Å². The largest absolute Gasteiger partial charge is 0.510 e. The van der Waals surface area contributed by atoms with Gasteiger partial charge in [0.1, 0.15) is 0 Å². The molecule has 2 rings (SSSR count).